The van der Waals surface area contributed by atoms with Gasteiger partial charge in [0.05, 0.1) is 18.3 Å². The molecule has 2 amide bonds. The van der Waals surface area contributed by atoms with Crippen LogP contribution in [0.5, 0.6) is 0 Å². The molecule has 1 fully saturated rings. The van der Waals surface area contributed by atoms with Gasteiger partial charge in [0, 0.05) is 23.9 Å². The molecule has 1 aliphatic heterocycles. The Morgan fingerprint density at radius 3 is 2.72 bits per heavy atom. The number of aromatic nitrogens is 1. The molecule has 0 unspecified atom stereocenters. The van der Waals surface area contributed by atoms with Crippen LogP contribution in [0.1, 0.15) is 61.1 Å². The Bertz CT molecular complexity index is 1210. The third-order valence-corrected chi connectivity index (χ3v) is 7.43. The average molecular weight is 434 g/mol. The van der Waals surface area contributed by atoms with Crippen LogP contribution in [0.3, 0.4) is 0 Å². The number of carbonyl (C=O) groups is 2. The molecular weight excluding hydrogens is 402 g/mol. The van der Waals surface area contributed by atoms with Crippen LogP contribution < -0.4 is 10.2 Å². The van der Waals surface area contributed by atoms with E-state index in [4.69, 9.17) is 4.42 Å². The molecule has 0 radical (unpaired) electrons. The molecule has 6 nitrogen and oxygen atoms in total. The second-order valence-electron chi connectivity index (χ2n) is 9.83. The highest BCUT2D eigenvalue weighted by atomic mass is 16.3. The predicted octanol–water partition coefficient (Wildman–Crippen LogP) is 4.97. The number of fused-ring (bicyclic) bond motifs is 3. The molecule has 3 aromatic rings. The number of nitrogens with zero attached hydrogens (tertiary/aromatic N) is 2. The number of nitrogens with one attached hydrogen (secondary N) is 1. The Morgan fingerprint density at radius 2 is 1.94 bits per heavy atom. The topological polar surface area (TPSA) is 67.5 Å². The van der Waals surface area contributed by atoms with Crippen molar-refractivity contribution < 1.29 is 14.0 Å². The van der Waals surface area contributed by atoms with Crippen molar-refractivity contribution in [3.8, 4) is 0 Å². The molecule has 168 valence electrons. The Hall–Kier alpha value is -3.02. The number of hydrogen-bond acceptors (Lipinski definition) is 3. The summed E-state index contributed by atoms with van der Waals surface area (Å²) in [6.45, 7) is 8.47. The van der Waals surface area contributed by atoms with Gasteiger partial charge in [0.2, 0.25) is 5.91 Å². The first-order valence-electron chi connectivity index (χ1n) is 11.6. The van der Waals surface area contributed by atoms with E-state index in [9.17, 15) is 9.59 Å². The molecule has 5 rings (SSSR count). The fraction of sp³-hybridized carbons (Fsp3) is 0.462. The standard InChI is InChI=1S/C26H31N3O3/c1-16-9-10-18(3)21(13-16)29-24(30)22-14-23-20(11-12-32-23)28(22)15-26(29,4)25(31)27-19-8-6-5-7-17(19)2/h9-14,17,19H,5-8,15H2,1-4H3,(H,27,31)/t17-,19-,26+/m0/s1. The smallest absolute Gasteiger partial charge is 0.276 e. The van der Waals surface area contributed by atoms with E-state index >= 15 is 0 Å². The summed E-state index contributed by atoms with van der Waals surface area (Å²) in [5.41, 5.74) is 3.81. The van der Waals surface area contributed by atoms with E-state index in [1.807, 2.05) is 49.6 Å². The van der Waals surface area contributed by atoms with Crippen molar-refractivity contribution in [1.82, 2.24) is 9.88 Å². The molecule has 0 bridgehead atoms. The highest BCUT2D eigenvalue weighted by Crippen LogP contribution is 2.38. The van der Waals surface area contributed by atoms with Crippen molar-refractivity contribution >= 4 is 28.6 Å². The number of benzene rings is 1. The average Bonchev–Trinajstić information content (AvgIpc) is 3.35. The number of amides is 2. The molecule has 1 aromatic carbocycles. The normalized spacial score (nSPS) is 25.8. The molecule has 1 saturated carbocycles. The Kier molecular flexibility index (Phi) is 4.91. The number of carbonyl (C=O) groups excluding carboxylic acids is 2. The van der Waals surface area contributed by atoms with E-state index in [2.05, 4.69) is 12.2 Å². The van der Waals surface area contributed by atoms with Gasteiger partial charge >= 0.3 is 0 Å². The minimum Gasteiger partial charge on any atom is -0.463 e. The van der Waals surface area contributed by atoms with E-state index < -0.39 is 5.54 Å². The predicted molar refractivity (Wildman–Crippen MR) is 125 cm³/mol. The van der Waals surface area contributed by atoms with Crippen LogP contribution >= 0.6 is 0 Å². The fourth-order valence-corrected chi connectivity index (χ4v) is 5.41. The first-order valence-corrected chi connectivity index (χ1v) is 11.6. The lowest BCUT2D eigenvalue weighted by Gasteiger charge is -2.45. The van der Waals surface area contributed by atoms with Crippen LogP contribution in [0, 0.1) is 19.8 Å². The van der Waals surface area contributed by atoms with Gasteiger partial charge in [-0.15, -0.1) is 0 Å². The number of aryl methyl sites for hydroxylation is 2. The highest BCUT2D eigenvalue weighted by molar-refractivity contribution is 6.14. The summed E-state index contributed by atoms with van der Waals surface area (Å²) in [5, 5.41) is 3.33. The Morgan fingerprint density at radius 1 is 1.16 bits per heavy atom. The monoisotopic (exact) mass is 433 g/mol. The van der Waals surface area contributed by atoms with Gasteiger partial charge in [-0.1, -0.05) is 31.9 Å². The van der Waals surface area contributed by atoms with E-state index in [1.54, 1.807) is 17.2 Å². The maximum atomic E-state index is 13.9. The van der Waals surface area contributed by atoms with Gasteiger partial charge < -0.3 is 14.3 Å². The lowest BCUT2D eigenvalue weighted by molar-refractivity contribution is -0.127. The second-order valence-corrected chi connectivity index (χ2v) is 9.83. The number of rotatable bonds is 3. The summed E-state index contributed by atoms with van der Waals surface area (Å²) in [6, 6.07) is 9.84. The minimum atomic E-state index is -1.07. The van der Waals surface area contributed by atoms with Gasteiger partial charge in [0.1, 0.15) is 11.2 Å². The number of hydrogen-bond donors (Lipinski definition) is 1. The van der Waals surface area contributed by atoms with Crippen molar-refractivity contribution in [2.75, 3.05) is 4.90 Å². The quantitative estimate of drug-likeness (QED) is 0.634. The van der Waals surface area contributed by atoms with Gasteiger partial charge in [0.25, 0.3) is 5.91 Å². The first kappa shape index (κ1) is 20.9. The largest absolute Gasteiger partial charge is 0.463 e. The van der Waals surface area contributed by atoms with Crippen LogP contribution in [0.2, 0.25) is 0 Å². The van der Waals surface area contributed by atoms with Crippen molar-refractivity contribution in [3.63, 3.8) is 0 Å². The maximum Gasteiger partial charge on any atom is 0.276 e. The van der Waals surface area contributed by atoms with Gasteiger partial charge in [-0.05, 0) is 56.7 Å². The molecule has 6 heteroatoms. The zero-order chi connectivity index (χ0) is 22.6. The molecule has 0 spiro atoms. The van der Waals surface area contributed by atoms with Gasteiger partial charge in [-0.3, -0.25) is 14.5 Å². The van der Waals surface area contributed by atoms with Gasteiger partial charge in [-0.2, -0.15) is 0 Å². The van der Waals surface area contributed by atoms with E-state index in [0.29, 0.717) is 23.7 Å². The van der Waals surface area contributed by atoms with Gasteiger partial charge in [-0.25, -0.2) is 0 Å². The zero-order valence-corrected chi connectivity index (χ0v) is 19.3. The van der Waals surface area contributed by atoms with Crippen LogP contribution in [0.25, 0.3) is 11.1 Å². The van der Waals surface area contributed by atoms with E-state index in [1.165, 1.54) is 6.42 Å². The summed E-state index contributed by atoms with van der Waals surface area (Å²) in [5.74, 6) is 0.166. The Balaban J connectivity index is 1.62. The van der Waals surface area contributed by atoms with E-state index in [0.717, 1.165) is 41.6 Å². The zero-order valence-electron chi connectivity index (χ0n) is 19.3. The minimum absolute atomic E-state index is 0.0958. The van der Waals surface area contributed by atoms with Crippen LogP contribution in [0.4, 0.5) is 5.69 Å². The molecular formula is C26H31N3O3. The molecule has 0 saturated heterocycles. The van der Waals surface area contributed by atoms with Crippen molar-refractivity contribution in [1.29, 1.82) is 0 Å². The second kappa shape index (κ2) is 7.54. The Labute approximate surface area is 188 Å². The van der Waals surface area contributed by atoms with Crippen LogP contribution in [0.15, 0.2) is 41.0 Å². The lowest BCUT2D eigenvalue weighted by atomic mass is 9.84. The molecule has 2 aromatic heterocycles. The molecule has 3 heterocycles. The molecule has 1 N–H and O–H groups in total. The summed E-state index contributed by atoms with van der Waals surface area (Å²) in [7, 11) is 0. The number of anilines is 1. The van der Waals surface area contributed by atoms with Crippen LogP contribution in [-0.4, -0.2) is 28.0 Å². The van der Waals surface area contributed by atoms with Crippen molar-refractivity contribution in [3.05, 3.63) is 53.4 Å². The fourth-order valence-electron chi connectivity index (χ4n) is 5.41. The van der Waals surface area contributed by atoms with Crippen LogP contribution in [-0.2, 0) is 11.3 Å². The highest BCUT2D eigenvalue weighted by Gasteiger charge is 2.49. The molecule has 1 aliphatic carbocycles. The van der Waals surface area contributed by atoms with Crippen molar-refractivity contribution in [2.45, 2.75) is 71.5 Å². The molecule has 2 aliphatic rings. The molecule has 3 atom stereocenters. The molecule has 32 heavy (non-hydrogen) atoms. The third-order valence-electron chi connectivity index (χ3n) is 7.43. The summed E-state index contributed by atoms with van der Waals surface area (Å²) >= 11 is 0. The van der Waals surface area contributed by atoms with E-state index in [-0.39, 0.29) is 17.9 Å². The summed E-state index contributed by atoms with van der Waals surface area (Å²) < 4.78 is 7.51. The van der Waals surface area contributed by atoms with Crippen molar-refractivity contribution in [2.24, 2.45) is 5.92 Å². The summed E-state index contributed by atoms with van der Waals surface area (Å²) in [4.78, 5) is 29.5. The third kappa shape index (κ3) is 3.15. The SMILES string of the molecule is Cc1ccc(C)c(N2C(=O)c3cc4occc4n3C[C@]2(C)C(=O)N[C@H]2CCCC[C@@H]2C)c1. The summed E-state index contributed by atoms with van der Waals surface area (Å²) in [6.07, 6.45) is 6.08. The maximum absolute atomic E-state index is 13.9. The first-order chi connectivity index (χ1) is 15.3. The van der Waals surface area contributed by atoms with Gasteiger partial charge in [0.15, 0.2) is 5.58 Å². The number of furan rings is 1. The lowest BCUT2D eigenvalue weighted by Crippen LogP contribution is -2.66.